The highest BCUT2D eigenvalue weighted by Crippen LogP contribution is 2.31. The van der Waals surface area contributed by atoms with Gasteiger partial charge in [0.05, 0.1) is 17.7 Å². The Morgan fingerprint density at radius 1 is 1.26 bits per heavy atom. The Hall–Kier alpha value is -1.78. The molecule has 0 bridgehead atoms. The van der Waals surface area contributed by atoms with Crippen molar-refractivity contribution < 1.29 is 14.6 Å². The van der Waals surface area contributed by atoms with Crippen LogP contribution in [0.4, 0.5) is 0 Å². The summed E-state index contributed by atoms with van der Waals surface area (Å²) in [4.78, 5) is 14.9. The Kier molecular flexibility index (Phi) is 3.93. The Balaban J connectivity index is 2.50. The van der Waals surface area contributed by atoms with Crippen LogP contribution in [0.1, 0.15) is 10.4 Å². The summed E-state index contributed by atoms with van der Waals surface area (Å²) < 4.78 is 5.05. The lowest BCUT2D eigenvalue weighted by atomic mass is 10.1. The van der Waals surface area contributed by atoms with E-state index in [2.05, 4.69) is 4.98 Å². The number of rotatable bonds is 3. The van der Waals surface area contributed by atoms with Crippen molar-refractivity contribution in [3.8, 4) is 16.9 Å². The van der Waals surface area contributed by atoms with Gasteiger partial charge in [-0.25, -0.2) is 9.78 Å². The van der Waals surface area contributed by atoms with Crippen LogP contribution in [0.3, 0.4) is 0 Å². The molecule has 4 nitrogen and oxygen atoms in total. The van der Waals surface area contributed by atoms with Crippen LogP contribution in [0.15, 0.2) is 30.5 Å². The predicted octanol–water partition coefficient (Wildman–Crippen LogP) is 3.76. The molecule has 2 aromatic rings. The number of methoxy groups -OCH3 is 1. The van der Waals surface area contributed by atoms with Gasteiger partial charge in [0.1, 0.15) is 10.9 Å². The van der Waals surface area contributed by atoms with Crippen LogP contribution < -0.4 is 4.74 Å². The molecule has 1 heterocycles. The maximum atomic E-state index is 11.0. The summed E-state index contributed by atoms with van der Waals surface area (Å²) in [6.07, 6.45) is 1.49. The maximum Gasteiger partial charge on any atom is 0.338 e. The summed E-state index contributed by atoms with van der Waals surface area (Å²) >= 11 is 11.7. The van der Waals surface area contributed by atoms with E-state index in [9.17, 15) is 4.79 Å². The fraction of sp³-hybridized carbons (Fsp3) is 0.0769. The Labute approximate surface area is 119 Å². The summed E-state index contributed by atoms with van der Waals surface area (Å²) in [6, 6.07) is 6.60. The van der Waals surface area contributed by atoms with Crippen LogP contribution in [0.25, 0.3) is 11.1 Å². The number of carboxylic acid groups (broad SMARTS) is 1. The van der Waals surface area contributed by atoms with Crippen LogP contribution in [0.2, 0.25) is 10.2 Å². The highest BCUT2D eigenvalue weighted by atomic mass is 35.5. The Morgan fingerprint density at radius 3 is 2.58 bits per heavy atom. The number of aromatic carboxylic acids is 1. The molecule has 0 unspecified atom stereocenters. The fourth-order valence-corrected chi connectivity index (χ4v) is 2.04. The molecule has 0 spiro atoms. The quantitative estimate of drug-likeness (QED) is 0.876. The third-order valence-electron chi connectivity index (χ3n) is 2.55. The van der Waals surface area contributed by atoms with E-state index in [-0.39, 0.29) is 10.7 Å². The van der Waals surface area contributed by atoms with Crippen LogP contribution in [0.5, 0.6) is 5.75 Å². The summed E-state index contributed by atoms with van der Waals surface area (Å²) in [5.74, 6) is -0.579. The first-order valence-corrected chi connectivity index (χ1v) is 6.01. The van der Waals surface area contributed by atoms with Crippen LogP contribution in [0, 0.1) is 0 Å². The number of hydrogen-bond acceptors (Lipinski definition) is 3. The average molecular weight is 298 g/mol. The van der Waals surface area contributed by atoms with E-state index in [0.29, 0.717) is 16.3 Å². The molecular weight excluding hydrogens is 289 g/mol. The van der Waals surface area contributed by atoms with Crippen LogP contribution in [-0.4, -0.2) is 23.2 Å². The molecule has 0 saturated heterocycles. The summed E-state index contributed by atoms with van der Waals surface area (Å²) in [5, 5.41) is 9.39. The molecule has 0 radical (unpaired) electrons. The van der Waals surface area contributed by atoms with Gasteiger partial charge in [-0.05, 0) is 23.8 Å². The fourth-order valence-electron chi connectivity index (χ4n) is 1.60. The van der Waals surface area contributed by atoms with Crippen LogP contribution >= 0.6 is 23.2 Å². The first kappa shape index (κ1) is 13.6. The van der Waals surface area contributed by atoms with E-state index in [0.717, 1.165) is 5.56 Å². The van der Waals surface area contributed by atoms with E-state index < -0.39 is 5.97 Å². The van der Waals surface area contributed by atoms with Gasteiger partial charge in [-0.15, -0.1) is 0 Å². The first-order chi connectivity index (χ1) is 9.02. The second kappa shape index (κ2) is 5.47. The molecule has 0 aliphatic carbocycles. The molecule has 98 valence electrons. The van der Waals surface area contributed by atoms with Crippen molar-refractivity contribution in [2.45, 2.75) is 0 Å². The third-order valence-corrected chi connectivity index (χ3v) is 3.15. The van der Waals surface area contributed by atoms with Gasteiger partial charge in [0, 0.05) is 11.8 Å². The van der Waals surface area contributed by atoms with Gasteiger partial charge in [-0.1, -0.05) is 29.3 Å². The van der Waals surface area contributed by atoms with Gasteiger partial charge in [-0.3, -0.25) is 0 Å². The molecular formula is C13H9Cl2NO3. The Morgan fingerprint density at radius 2 is 2.00 bits per heavy atom. The van der Waals surface area contributed by atoms with Crippen molar-refractivity contribution in [1.82, 2.24) is 4.98 Å². The molecule has 1 N–H and O–H groups in total. The number of ether oxygens (including phenoxy) is 1. The minimum Gasteiger partial charge on any atom is -0.495 e. The van der Waals surface area contributed by atoms with Crippen molar-refractivity contribution in [2.24, 2.45) is 0 Å². The first-order valence-electron chi connectivity index (χ1n) is 5.25. The van der Waals surface area contributed by atoms with Crippen molar-refractivity contribution in [1.29, 1.82) is 0 Å². The molecule has 19 heavy (non-hydrogen) atoms. The number of carboxylic acids is 1. The number of nitrogens with zero attached hydrogens (tertiary/aromatic N) is 1. The summed E-state index contributed by atoms with van der Waals surface area (Å²) in [7, 11) is 1.52. The lowest BCUT2D eigenvalue weighted by Crippen LogP contribution is -1.99. The topological polar surface area (TPSA) is 59.4 Å². The van der Waals surface area contributed by atoms with Crippen molar-refractivity contribution in [3.05, 3.63) is 46.2 Å². The van der Waals surface area contributed by atoms with Crippen molar-refractivity contribution in [2.75, 3.05) is 7.11 Å². The Bertz CT molecular complexity index is 644. The molecule has 1 aromatic heterocycles. The summed E-state index contributed by atoms with van der Waals surface area (Å²) in [5.41, 5.74) is 1.30. The van der Waals surface area contributed by atoms with E-state index in [1.807, 2.05) is 0 Å². The van der Waals surface area contributed by atoms with Crippen molar-refractivity contribution >= 4 is 29.2 Å². The predicted molar refractivity (Wildman–Crippen MR) is 73.2 cm³/mol. The molecule has 0 aliphatic heterocycles. The number of carbonyl (C=O) groups is 1. The van der Waals surface area contributed by atoms with E-state index in [4.69, 9.17) is 33.0 Å². The van der Waals surface area contributed by atoms with Gasteiger partial charge in [-0.2, -0.15) is 0 Å². The van der Waals surface area contributed by atoms with Gasteiger partial charge < -0.3 is 9.84 Å². The second-order valence-corrected chi connectivity index (χ2v) is 4.48. The highest BCUT2D eigenvalue weighted by Gasteiger charge is 2.12. The standard InChI is InChI=1S/C13H9Cl2NO3/c1-19-11-3-2-7(5-10(11)14)8-4-9(13(17)18)12(15)16-6-8/h2-6H,1H3,(H,17,18). The lowest BCUT2D eigenvalue weighted by Gasteiger charge is -2.07. The minimum atomic E-state index is -1.13. The largest absolute Gasteiger partial charge is 0.495 e. The lowest BCUT2D eigenvalue weighted by molar-refractivity contribution is 0.0696. The van der Waals surface area contributed by atoms with E-state index in [1.165, 1.54) is 19.4 Å². The zero-order valence-electron chi connectivity index (χ0n) is 9.85. The second-order valence-electron chi connectivity index (χ2n) is 3.72. The molecule has 1 aromatic carbocycles. The minimum absolute atomic E-state index is 0.0455. The number of benzene rings is 1. The summed E-state index contributed by atoms with van der Waals surface area (Å²) in [6.45, 7) is 0. The molecule has 6 heteroatoms. The van der Waals surface area contributed by atoms with Crippen LogP contribution in [-0.2, 0) is 0 Å². The molecule has 0 fully saturated rings. The molecule has 0 aliphatic rings. The molecule has 0 atom stereocenters. The zero-order valence-corrected chi connectivity index (χ0v) is 11.4. The average Bonchev–Trinajstić information content (AvgIpc) is 2.38. The van der Waals surface area contributed by atoms with Gasteiger partial charge in [0.15, 0.2) is 0 Å². The van der Waals surface area contributed by atoms with Gasteiger partial charge in [0.25, 0.3) is 0 Å². The maximum absolute atomic E-state index is 11.0. The smallest absolute Gasteiger partial charge is 0.338 e. The molecule has 2 rings (SSSR count). The van der Waals surface area contributed by atoms with Crippen molar-refractivity contribution in [3.63, 3.8) is 0 Å². The van der Waals surface area contributed by atoms with E-state index in [1.54, 1.807) is 18.2 Å². The van der Waals surface area contributed by atoms with Gasteiger partial charge in [0.2, 0.25) is 0 Å². The highest BCUT2D eigenvalue weighted by molar-refractivity contribution is 6.33. The number of halogens is 2. The number of hydrogen-bond donors (Lipinski definition) is 1. The normalized spacial score (nSPS) is 10.3. The molecule has 0 amide bonds. The monoisotopic (exact) mass is 297 g/mol. The SMILES string of the molecule is COc1ccc(-c2cnc(Cl)c(C(=O)O)c2)cc1Cl. The number of pyridine rings is 1. The van der Waals surface area contributed by atoms with Gasteiger partial charge >= 0.3 is 5.97 Å². The molecule has 0 saturated carbocycles. The zero-order chi connectivity index (χ0) is 14.0. The third kappa shape index (κ3) is 2.80. The number of aromatic nitrogens is 1. The van der Waals surface area contributed by atoms with E-state index >= 15 is 0 Å².